The highest BCUT2D eigenvalue weighted by molar-refractivity contribution is 4.94. The molecule has 4 heteroatoms. The van der Waals surface area contributed by atoms with E-state index in [4.69, 9.17) is 4.52 Å². The zero-order chi connectivity index (χ0) is 8.39. The van der Waals surface area contributed by atoms with Crippen LogP contribution < -0.4 is 5.32 Å². The van der Waals surface area contributed by atoms with Crippen LogP contribution in [0.15, 0.2) is 4.52 Å². The fourth-order valence-electron chi connectivity index (χ4n) is 1.53. The van der Waals surface area contributed by atoms with Crippen LogP contribution in [0.1, 0.15) is 37.0 Å². The normalized spacial score (nSPS) is 24.2. The van der Waals surface area contributed by atoms with Gasteiger partial charge in [-0.2, -0.15) is 4.98 Å². The molecule has 1 atom stereocenters. The van der Waals surface area contributed by atoms with E-state index >= 15 is 0 Å². The quantitative estimate of drug-likeness (QED) is 0.682. The van der Waals surface area contributed by atoms with Crippen LogP contribution in [0.3, 0.4) is 0 Å². The average molecular weight is 167 g/mol. The smallest absolute Gasteiger partial charge is 0.223 e. The Morgan fingerprint density at radius 2 is 2.42 bits per heavy atom. The summed E-state index contributed by atoms with van der Waals surface area (Å²) in [4.78, 5) is 4.19. The molecule has 0 saturated carbocycles. The average Bonchev–Trinajstić information content (AvgIpc) is 2.54. The SMILES string of the molecule is Cc1nc([C@@H]2CCCCN2)no1. The van der Waals surface area contributed by atoms with Gasteiger partial charge in [-0.1, -0.05) is 11.6 Å². The zero-order valence-corrected chi connectivity index (χ0v) is 7.21. The van der Waals surface area contributed by atoms with Crippen molar-refractivity contribution < 1.29 is 4.52 Å². The molecule has 1 fully saturated rings. The monoisotopic (exact) mass is 167 g/mol. The first-order valence-electron chi connectivity index (χ1n) is 4.40. The molecule has 2 heterocycles. The molecule has 1 saturated heterocycles. The van der Waals surface area contributed by atoms with Crippen LogP contribution in [-0.2, 0) is 0 Å². The molecule has 0 spiro atoms. The van der Waals surface area contributed by atoms with E-state index in [2.05, 4.69) is 15.5 Å². The van der Waals surface area contributed by atoms with Gasteiger partial charge >= 0.3 is 0 Å². The molecular formula is C8H13N3O. The van der Waals surface area contributed by atoms with Gasteiger partial charge in [0.2, 0.25) is 5.89 Å². The first-order valence-corrected chi connectivity index (χ1v) is 4.40. The number of hydrogen-bond donors (Lipinski definition) is 1. The van der Waals surface area contributed by atoms with Gasteiger partial charge in [0.25, 0.3) is 0 Å². The Balaban J connectivity index is 2.08. The predicted octanol–water partition coefficient (Wildman–Crippen LogP) is 1.19. The van der Waals surface area contributed by atoms with Crippen molar-refractivity contribution in [2.75, 3.05) is 6.54 Å². The van der Waals surface area contributed by atoms with E-state index in [0.717, 1.165) is 18.8 Å². The Kier molecular flexibility index (Phi) is 2.08. The van der Waals surface area contributed by atoms with Gasteiger partial charge < -0.3 is 9.84 Å². The number of aryl methyl sites for hydroxylation is 1. The van der Waals surface area contributed by atoms with Crippen molar-refractivity contribution in [3.05, 3.63) is 11.7 Å². The highest BCUT2D eigenvalue weighted by Crippen LogP contribution is 2.19. The number of piperidine rings is 1. The van der Waals surface area contributed by atoms with Gasteiger partial charge in [-0.05, 0) is 19.4 Å². The van der Waals surface area contributed by atoms with Gasteiger partial charge in [0, 0.05) is 6.92 Å². The van der Waals surface area contributed by atoms with Crippen LogP contribution in [0.4, 0.5) is 0 Å². The molecule has 0 unspecified atom stereocenters. The van der Waals surface area contributed by atoms with Crippen LogP contribution in [0.25, 0.3) is 0 Å². The zero-order valence-electron chi connectivity index (χ0n) is 7.21. The van der Waals surface area contributed by atoms with Crippen molar-refractivity contribution >= 4 is 0 Å². The second-order valence-electron chi connectivity index (χ2n) is 3.17. The van der Waals surface area contributed by atoms with Gasteiger partial charge in [0.05, 0.1) is 6.04 Å². The lowest BCUT2D eigenvalue weighted by Crippen LogP contribution is -2.27. The third-order valence-electron chi connectivity index (χ3n) is 2.17. The van der Waals surface area contributed by atoms with Crippen LogP contribution in [-0.4, -0.2) is 16.7 Å². The Labute approximate surface area is 71.4 Å². The van der Waals surface area contributed by atoms with Gasteiger partial charge in [0.1, 0.15) is 0 Å². The number of nitrogens with zero attached hydrogens (tertiary/aromatic N) is 2. The van der Waals surface area contributed by atoms with Crippen LogP contribution in [0.5, 0.6) is 0 Å². The van der Waals surface area contributed by atoms with Crippen molar-refractivity contribution in [3.8, 4) is 0 Å². The molecule has 1 aromatic rings. The van der Waals surface area contributed by atoms with E-state index in [0.29, 0.717) is 11.9 Å². The minimum atomic E-state index is 0.316. The fraction of sp³-hybridized carbons (Fsp3) is 0.750. The van der Waals surface area contributed by atoms with Crippen LogP contribution in [0, 0.1) is 6.92 Å². The summed E-state index contributed by atoms with van der Waals surface area (Å²) in [6, 6.07) is 0.316. The summed E-state index contributed by atoms with van der Waals surface area (Å²) < 4.78 is 4.92. The van der Waals surface area contributed by atoms with Crippen LogP contribution in [0.2, 0.25) is 0 Å². The third kappa shape index (κ3) is 1.48. The summed E-state index contributed by atoms with van der Waals surface area (Å²) in [6.45, 7) is 2.89. The predicted molar refractivity (Wildman–Crippen MR) is 43.6 cm³/mol. The molecule has 66 valence electrons. The molecule has 0 bridgehead atoms. The second kappa shape index (κ2) is 3.23. The molecule has 1 aromatic heterocycles. The summed E-state index contributed by atoms with van der Waals surface area (Å²) >= 11 is 0. The second-order valence-corrected chi connectivity index (χ2v) is 3.17. The van der Waals surface area contributed by atoms with Gasteiger partial charge in [-0.25, -0.2) is 0 Å². The molecule has 0 radical (unpaired) electrons. The maximum atomic E-state index is 4.92. The molecule has 0 aromatic carbocycles. The number of aromatic nitrogens is 2. The summed E-state index contributed by atoms with van der Waals surface area (Å²) in [5.41, 5.74) is 0. The lowest BCUT2D eigenvalue weighted by atomic mass is 10.0. The van der Waals surface area contributed by atoms with E-state index in [9.17, 15) is 0 Å². The highest BCUT2D eigenvalue weighted by atomic mass is 16.5. The lowest BCUT2D eigenvalue weighted by Gasteiger charge is -2.19. The molecule has 1 aliphatic heterocycles. The van der Waals surface area contributed by atoms with Crippen molar-refractivity contribution in [2.24, 2.45) is 0 Å². The van der Waals surface area contributed by atoms with Crippen LogP contribution >= 0.6 is 0 Å². The van der Waals surface area contributed by atoms with Crippen molar-refractivity contribution in [1.29, 1.82) is 0 Å². The van der Waals surface area contributed by atoms with Gasteiger partial charge in [-0.3, -0.25) is 0 Å². The molecule has 0 amide bonds. The summed E-state index contributed by atoms with van der Waals surface area (Å²) in [7, 11) is 0. The topological polar surface area (TPSA) is 51.0 Å². The van der Waals surface area contributed by atoms with E-state index in [1.54, 1.807) is 0 Å². The van der Waals surface area contributed by atoms with E-state index < -0.39 is 0 Å². The lowest BCUT2D eigenvalue weighted by molar-refractivity contribution is 0.355. The maximum absolute atomic E-state index is 4.92. The standard InChI is InChI=1S/C8H13N3O/c1-6-10-8(11-12-6)7-4-2-3-5-9-7/h7,9H,2-5H2,1H3/t7-/m0/s1. The molecule has 0 aliphatic carbocycles. The Bertz CT molecular complexity index is 253. The highest BCUT2D eigenvalue weighted by Gasteiger charge is 2.18. The van der Waals surface area contributed by atoms with Crippen molar-refractivity contribution in [2.45, 2.75) is 32.2 Å². The third-order valence-corrected chi connectivity index (χ3v) is 2.17. The van der Waals surface area contributed by atoms with E-state index in [-0.39, 0.29) is 0 Å². The largest absolute Gasteiger partial charge is 0.340 e. The van der Waals surface area contributed by atoms with Gasteiger partial charge in [-0.15, -0.1) is 0 Å². The van der Waals surface area contributed by atoms with Crippen molar-refractivity contribution in [3.63, 3.8) is 0 Å². The maximum Gasteiger partial charge on any atom is 0.223 e. The van der Waals surface area contributed by atoms with E-state index in [1.165, 1.54) is 12.8 Å². The number of nitrogens with one attached hydrogen (secondary N) is 1. The molecule has 4 nitrogen and oxygen atoms in total. The first-order chi connectivity index (χ1) is 5.86. The molecule has 12 heavy (non-hydrogen) atoms. The molecule has 2 rings (SSSR count). The minimum Gasteiger partial charge on any atom is -0.340 e. The number of rotatable bonds is 1. The number of hydrogen-bond acceptors (Lipinski definition) is 4. The summed E-state index contributed by atoms with van der Waals surface area (Å²) in [5, 5.41) is 7.25. The molecule has 1 N–H and O–H groups in total. The Hall–Kier alpha value is -0.900. The minimum absolute atomic E-state index is 0.316. The fourth-order valence-corrected chi connectivity index (χ4v) is 1.53. The summed E-state index contributed by atoms with van der Waals surface area (Å²) in [6.07, 6.45) is 3.64. The van der Waals surface area contributed by atoms with Crippen molar-refractivity contribution in [1.82, 2.24) is 15.5 Å². The summed E-state index contributed by atoms with van der Waals surface area (Å²) in [5.74, 6) is 1.46. The Morgan fingerprint density at radius 1 is 1.50 bits per heavy atom. The van der Waals surface area contributed by atoms with E-state index in [1.807, 2.05) is 6.92 Å². The first kappa shape index (κ1) is 7.73. The Morgan fingerprint density at radius 3 is 3.00 bits per heavy atom. The van der Waals surface area contributed by atoms with Gasteiger partial charge in [0.15, 0.2) is 5.82 Å². The molecular weight excluding hydrogens is 154 g/mol. The molecule has 1 aliphatic rings.